The zero-order valence-electron chi connectivity index (χ0n) is 16.7. The van der Waals surface area contributed by atoms with E-state index in [0.717, 1.165) is 37.2 Å². The number of ether oxygens (including phenoxy) is 1. The fourth-order valence-electron chi connectivity index (χ4n) is 3.42. The van der Waals surface area contributed by atoms with Crippen LogP contribution in [-0.2, 0) is 6.54 Å². The van der Waals surface area contributed by atoms with Gasteiger partial charge < -0.3 is 19.5 Å². The molecule has 0 bridgehead atoms. The second kappa shape index (κ2) is 9.17. The average molecular weight is 427 g/mol. The number of nitrogens with one attached hydrogen (secondary N) is 1. The summed E-state index contributed by atoms with van der Waals surface area (Å²) in [6.07, 6.45) is 2.07. The van der Waals surface area contributed by atoms with Crippen LogP contribution in [0.25, 0.3) is 11.4 Å². The molecule has 7 nitrogen and oxygen atoms in total. The van der Waals surface area contributed by atoms with E-state index < -0.39 is 0 Å². The third-order valence-electron chi connectivity index (χ3n) is 4.93. The van der Waals surface area contributed by atoms with Gasteiger partial charge in [-0.05, 0) is 62.2 Å². The second-order valence-electron chi connectivity index (χ2n) is 7.01. The van der Waals surface area contributed by atoms with Crippen LogP contribution in [0.4, 0.5) is 5.69 Å². The van der Waals surface area contributed by atoms with Gasteiger partial charge in [-0.3, -0.25) is 4.79 Å². The lowest BCUT2D eigenvalue weighted by atomic mass is 10.1. The number of anilines is 1. The Bertz CT molecular complexity index is 1010. The van der Waals surface area contributed by atoms with E-state index in [1.54, 1.807) is 18.2 Å². The summed E-state index contributed by atoms with van der Waals surface area (Å²) >= 11 is 6.14. The molecule has 1 N–H and O–H groups in total. The Kier molecular flexibility index (Phi) is 6.18. The average Bonchev–Trinajstić information content (AvgIpc) is 3.45. The number of hydrogen-bond donors (Lipinski definition) is 1. The van der Waals surface area contributed by atoms with E-state index in [4.69, 9.17) is 20.9 Å². The van der Waals surface area contributed by atoms with Crippen LogP contribution in [0, 0.1) is 0 Å². The fraction of sp³-hybridized carbons (Fsp3) is 0.318. The molecule has 1 amide bonds. The molecule has 1 saturated heterocycles. The second-order valence-corrected chi connectivity index (χ2v) is 7.45. The highest BCUT2D eigenvalue weighted by molar-refractivity contribution is 6.31. The maximum absolute atomic E-state index is 12.9. The van der Waals surface area contributed by atoms with E-state index in [1.807, 2.05) is 36.1 Å². The van der Waals surface area contributed by atoms with Crippen molar-refractivity contribution in [1.82, 2.24) is 15.0 Å². The lowest BCUT2D eigenvalue weighted by Crippen LogP contribution is -2.28. The van der Waals surface area contributed by atoms with Crippen LogP contribution in [0.2, 0.25) is 5.02 Å². The molecule has 4 rings (SSSR count). The Hall–Kier alpha value is -3.06. The van der Waals surface area contributed by atoms with E-state index in [2.05, 4.69) is 15.5 Å². The molecular weight excluding hydrogens is 404 g/mol. The molecule has 2 aromatic carbocycles. The van der Waals surface area contributed by atoms with E-state index >= 15 is 0 Å². The number of rotatable bonds is 7. The fourth-order valence-corrected chi connectivity index (χ4v) is 3.59. The highest BCUT2D eigenvalue weighted by Gasteiger charge is 2.22. The summed E-state index contributed by atoms with van der Waals surface area (Å²) in [5.74, 6) is 1.70. The highest BCUT2D eigenvalue weighted by Crippen LogP contribution is 2.25. The van der Waals surface area contributed by atoms with Crippen molar-refractivity contribution in [3.63, 3.8) is 0 Å². The summed E-state index contributed by atoms with van der Waals surface area (Å²) in [7, 11) is 0. The molecule has 1 aliphatic rings. The van der Waals surface area contributed by atoms with Crippen molar-refractivity contribution in [3.05, 3.63) is 58.9 Å². The predicted octanol–water partition coefficient (Wildman–Crippen LogP) is 4.64. The number of benzene rings is 2. The molecule has 2 heterocycles. The van der Waals surface area contributed by atoms with Gasteiger partial charge in [0.05, 0.1) is 18.7 Å². The molecule has 1 aromatic heterocycles. The van der Waals surface area contributed by atoms with Crippen molar-refractivity contribution in [2.24, 2.45) is 0 Å². The quantitative estimate of drug-likeness (QED) is 0.593. The Morgan fingerprint density at radius 3 is 2.70 bits per heavy atom. The summed E-state index contributed by atoms with van der Waals surface area (Å²) in [4.78, 5) is 19.2. The van der Waals surface area contributed by atoms with Crippen LogP contribution in [-0.4, -0.2) is 40.6 Å². The monoisotopic (exact) mass is 426 g/mol. The molecule has 0 atom stereocenters. The normalized spacial score (nSPS) is 13.5. The number of carbonyl (C=O) groups excluding carboxylic acids is 1. The van der Waals surface area contributed by atoms with Gasteiger partial charge in [0.25, 0.3) is 5.91 Å². The number of likely N-dealkylation sites (tertiary alicyclic amines) is 1. The number of amides is 1. The van der Waals surface area contributed by atoms with Crippen molar-refractivity contribution in [3.8, 4) is 17.1 Å². The lowest BCUT2D eigenvalue weighted by Gasteiger charge is -2.18. The molecule has 30 heavy (non-hydrogen) atoms. The molecule has 1 aliphatic heterocycles. The first-order chi connectivity index (χ1) is 14.6. The van der Waals surface area contributed by atoms with Crippen molar-refractivity contribution < 1.29 is 14.1 Å². The van der Waals surface area contributed by atoms with Crippen molar-refractivity contribution >= 4 is 23.2 Å². The number of carbonyl (C=O) groups is 1. The van der Waals surface area contributed by atoms with Crippen LogP contribution in [0.5, 0.6) is 5.75 Å². The Balaban J connectivity index is 1.46. The van der Waals surface area contributed by atoms with Gasteiger partial charge in [0.15, 0.2) is 0 Å². The van der Waals surface area contributed by atoms with Gasteiger partial charge in [0.2, 0.25) is 11.7 Å². The molecule has 0 spiro atoms. The molecule has 0 aliphatic carbocycles. The standard InChI is InChI=1S/C22H23ClN4O3/c1-2-29-17-8-5-15(6-9-17)21-25-20(30-26-21)14-24-19-10-7-16(23)13-18(19)22(28)27-11-3-4-12-27/h5-10,13,24H,2-4,11-12,14H2,1H3. The summed E-state index contributed by atoms with van der Waals surface area (Å²) in [5.41, 5.74) is 2.08. The molecule has 3 aromatic rings. The Morgan fingerprint density at radius 1 is 1.20 bits per heavy atom. The maximum atomic E-state index is 12.9. The van der Waals surface area contributed by atoms with Crippen molar-refractivity contribution in [2.75, 3.05) is 25.0 Å². The molecule has 0 unspecified atom stereocenters. The molecular formula is C22H23ClN4O3. The maximum Gasteiger partial charge on any atom is 0.256 e. The number of hydrogen-bond acceptors (Lipinski definition) is 6. The summed E-state index contributed by atoms with van der Waals surface area (Å²) in [5, 5.41) is 7.80. The van der Waals surface area contributed by atoms with E-state index in [-0.39, 0.29) is 5.91 Å². The molecule has 1 fully saturated rings. The van der Waals surface area contributed by atoms with Gasteiger partial charge in [0.1, 0.15) is 5.75 Å². The lowest BCUT2D eigenvalue weighted by molar-refractivity contribution is 0.0793. The van der Waals surface area contributed by atoms with E-state index in [0.29, 0.717) is 41.1 Å². The molecule has 8 heteroatoms. The van der Waals surface area contributed by atoms with Crippen molar-refractivity contribution in [2.45, 2.75) is 26.3 Å². The smallest absolute Gasteiger partial charge is 0.256 e. The minimum absolute atomic E-state index is 0.0156. The van der Waals surface area contributed by atoms with Gasteiger partial charge in [0, 0.05) is 29.4 Å². The molecule has 156 valence electrons. The predicted molar refractivity (Wildman–Crippen MR) is 115 cm³/mol. The Labute approximate surface area is 180 Å². The highest BCUT2D eigenvalue weighted by atomic mass is 35.5. The van der Waals surface area contributed by atoms with Crippen LogP contribution in [0.3, 0.4) is 0 Å². The number of aromatic nitrogens is 2. The first-order valence-electron chi connectivity index (χ1n) is 10.0. The minimum Gasteiger partial charge on any atom is -0.494 e. The third kappa shape index (κ3) is 4.57. The van der Waals surface area contributed by atoms with E-state index in [9.17, 15) is 4.79 Å². The largest absolute Gasteiger partial charge is 0.494 e. The van der Waals surface area contributed by atoms with Crippen LogP contribution < -0.4 is 10.1 Å². The van der Waals surface area contributed by atoms with Crippen LogP contribution in [0.15, 0.2) is 47.0 Å². The summed E-state index contributed by atoms with van der Waals surface area (Å²) < 4.78 is 10.8. The minimum atomic E-state index is -0.0156. The van der Waals surface area contributed by atoms with Crippen molar-refractivity contribution in [1.29, 1.82) is 0 Å². The zero-order chi connectivity index (χ0) is 20.9. The van der Waals surface area contributed by atoms with Gasteiger partial charge in [-0.25, -0.2) is 0 Å². The van der Waals surface area contributed by atoms with Gasteiger partial charge in [-0.1, -0.05) is 16.8 Å². The van der Waals surface area contributed by atoms with Crippen LogP contribution in [0.1, 0.15) is 36.0 Å². The molecule has 0 radical (unpaired) electrons. The molecule has 0 saturated carbocycles. The van der Waals surface area contributed by atoms with E-state index in [1.165, 1.54) is 0 Å². The summed E-state index contributed by atoms with van der Waals surface area (Å²) in [6.45, 7) is 4.41. The Morgan fingerprint density at radius 2 is 1.97 bits per heavy atom. The van der Waals surface area contributed by atoms with Gasteiger partial charge >= 0.3 is 0 Å². The third-order valence-corrected chi connectivity index (χ3v) is 5.16. The SMILES string of the molecule is CCOc1ccc(-c2noc(CNc3ccc(Cl)cc3C(=O)N3CCCC3)n2)cc1. The zero-order valence-corrected chi connectivity index (χ0v) is 17.5. The number of nitrogens with zero attached hydrogens (tertiary/aromatic N) is 3. The topological polar surface area (TPSA) is 80.5 Å². The first kappa shape index (κ1) is 20.2. The van der Waals surface area contributed by atoms with Crippen LogP contribution >= 0.6 is 11.6 Å². The first-order valence-corrected chi connectivity index (χ1v) is 10.4. The summed E-state index contributed by atoms with van der Waals surface area (Å²) in [6, 6.07) is 12.8. The van der Waals surface area contributed by atoms with Gasteiger partial charge in [-0.15, -0.1) is 0 Å². The number of halogens is 1. The van der Waals surface area contributed by atoms with Gasteiger partial charge in [-0.2, -0.15) is 4.98 Å².